The van der Waals surface area contributed by atoms with E-state index in [2.05, 4.69) is 4.98 Å². The molecule has 0 spiro atoms. The Bertz CT molecular complexity index is 632. The summed E-state index contributed by atoms with van der Waals surface area (Å²) in [6.45, 7) is 4.49. The molecule has 2 heterocycles. The van der Waals surface area contributed by atoms with Gasteiger partial charge in [0.2, 0.25) is 0 Å². The van der Waals surface area contributed by atoms with Crippen LogP contribution in [0.15, 0.2) is 12.1 Å². The second-order valence-electron chi connectivity index (χ2n) is 4.60. The smallest absolute Gasteiger partial charge is 0.254 e. The Morgan fingerprint density at radius 3 is 2.89 bits per heavy atom. The van der Waals surface area contributed by atoms with Crippen LogP contribution in [0.5, 0.6) is 0 Å². The van der Waals surface area contributed by atoms with Crippen molar-refractivity contribution in [3.63, 3.8) is 0 Å². The van der Waals surface area contributed by atoms with Crippen LogP contribution in [-0.4, -0.2) is 42.1 Å². The van der Waals surface area contributed by atoms with E-state index in [-0.39, 0.29) is 5.91 Å². The van der Waals surface area contributed by atoms with Crippen molar-refractivity contribution in [2.75, 3.05) is 32.0 Å². The number of hydrogen-bond donors (Lipinski definition) is 1. The van der Waals surface area contributed by atoms with Crippen molar-refractivity contribution in [1.82, 2.24) is 9.88 Å². The molecule has 1 saturated heterocycles. The SMILES string of the molecule is Cc1cc(C(=O)N2CCOCC2)cc2sc(N)nc12. The first-order valence-corrected chi connectivity index (χ1v) is 7.00. The van der Waals surface area contributed by atoms with Gasteiger partial charge < -0.3 is 15.4 Å². The third kappa shape index (κ3) is 2.29. The summed E-state index contributed by atoms with van der Waals surface area (Å²) in [4.78, 5) is 18.5. The fourth-order valence-corrected chi connectivity index (χ4v) is 3.14. The molecule has 0 saturated carbocycles. The lowest BCUT2D eigenvalue weighted by Crippen LogP contribution is -2.40. The number of thiazole rings is 1. The van der Waals surface area contributed by atoms with Crippen LogP contribution in [0.1, 0.15) is 15.9 Å². The minimum Gasteiger partial charge on any atom is -0.378 e. The van der Waals surface area contributed by atoms with Gasteiger partial charge in [-0.05, 0) is 24.6 Å². The molecule has 0 radical (unpaired) electrons. The van der Waals surface area contributed by atoms with Crippen molar-refractivity contribution in [3.05, 3.63) is 23.3 Å². The van der Waals surface area contributed by atoms with E-state index in [0.717, 1.165) is 15.8 Å². The van der Waals surface area contributed by atoms with Gasteiger partial charge >= 0.3 is 0 Å². The second-order valence-corrected chi connectivity index (χ2v) is 5.66. The molecule has 0 aliphatic carbocycles. The molecule has 0 bridgehead atoms. The Kier molecular flexibility index (Phi) is 3.12. The number of rotatable bonds is 1. The molecule has 0 unspecified atom stereocenters. The average Bonchev–Trinajstić information content (AvgIpc) is 2.80. The predicted octanol–water partition coefficient (Wildman–Crippen LogP) is 1.66. The van der Waals surface area contributed by atoms with Gasteiger partial charge in [0, 0.05) is 18.7 Å². The fraction of sp³-hybridized carbons (Fsp3) is 0.385. The Hall–Kier alpha value is -1.66. The number of nitrogen functional groups attached to an aromatic ring is 1. The number of anilines is 1. The Labute approximate surface area is 115 Å². The maximum Gasteiger partial charge on any atom is 0.254 e. The zero-order valence-electron chi connectivity index (χ0n) is 10.7. The number of fused-ring (bicyclic) bond motifs is 1. The molecule has 1 aliphatic rings. The van der Waals surface area contributed by atoms with Gasteiger partial charge in [0.05, 0.1) is 23.4 Å². The van der Waals surface area contributed by atoms with Gasteiger partial charge in [0.15, 0.2) is 5.13 Å². The maximum absolute atomic E-state index is 12.4. The van der Waals surface area contributed by atoms with Crippen molar-refractivity contribution in [3.8, 4) is 0 Å². The molecular formula is C13H15N3O2S. The predicted molar refractivity (Wildman–Crippen MR) is 75.5 cm³/mol. The van der Waals surface area contributed by atoms with Gasteiger partial charge in [0.1, 0.15) is 0 Å². The number of aryl methyl sites for hydroxylation is 1. The van der Waals surface area contributed by atoms with E-state index >= 15 is 0 Å². The highest BCUT2D eigenvalue weighted by Gasteiger charge is 2.20. The minimum absolute atomic E-state index is 0.0558. The number of hydrogen-bond acceptors (Lipinski definition) is 5. The van der Waals surface area contributed by atoms with E-state index in [9.17, 15) is 4.79 Å². The molecule has 0 atom stereocenters. The molecule has 1 aromatic carbocycles. The number of ether oxygens (including phenoxy) is 1. The van der Waals surface area contributed by atoms with Crippen molar-refractivity contribution in [2.45, 2.75) is 6.92 Å². The molecule has 2 aromatic rings. The van der Waals surface area contributed by atoms with Gasteiger partial charge in [-0.2, -0.15) is 0 Å². The normalized spacial score (nSPS) is 15.9. The minimum atomic E-state index is 0.0558. The third-order valence-electron chi connectivity index (χ3n) is 3.25. The van der Waals surface area contributed by atoms with Crippen LogP contribution in [-0.2, 0) is 4.74 Å². The van der Waals surface area contributed by atoms with Gasteiger partial charge in [-0.1, -0.05) is 11.3 Å². The summed E-state index contributed by atoms with van der Waals surface area (Å²) in [6, 6.07) is 3.77. The molecule has 19 heavy (non-hydrogen) atoms. The first kappa shape index (κ1) is 12.4. The molecule has 3 rings (SSSR count). The van der Waals surface area contributed by atoms with Crippen molar-refractivity contribution in [2.24, 2.45) is 0 Å². The highest BCUT2D eigenvalue weighted by Crippen LogP contribution is 2.28. The number of nitrogens with two attached hydrogens (primary N) is 1. The zero-order valence-corrected chi connectivity index (χ0v) is 11.5. The van der Waals surface area contributed by atoms with Crippen LogP contribution in [0.4, 0.5) is 5.13 Å². The second kappa shape index (κ2) is 4.79. The van der Waals surface area contributed by atoms with Gasteiger partial charge in [0.25, 0.3) is 5.91 Å². The molecule has 1 fully saturated rings. The third-order valence-corrected chi connectivity index (χ3v) is 4.08. The molecule has 2 N–H and O–H groups in total. The summed E-state index contributed by atoms with van der Waals surface area (Å²) >= 11 is 1.42. The average molecular weight is 277 g/mol. The van der Waals surface area contributed by atoms with Crippen LogP contribution in [0.3, 0.4) is 0 Å². The molecule has 1 amide bonds. The molecule has 1 aromatic heterocycles. The maximum atomic E-state index is 12.4. The molecular weight excluding hydrogens is 262 g/mol. The summed E-state index contributed by atoms with van der Waals surface area (Å²) in [6.07, 6.45) is 0. The summed E-state index contributed by atoms with van der Waals surface area (Å²) in [7, 11) is 0. The van der Waals surface area contributed by atoms with E-state index in [1.165, 1.54) is 11.3 Å². The highest BCUT2D eigenvalue weighted by molar-refractivity contribution is 7.22. The number of benzene rings is 1. The van der Waals surface area contributed by atoms with Crippen molar-refractivity contribution >= 4 is 32.6 Å². The monoisotopic (exact) mass is 277 g/mol. The van der Waals surface area contributed by atoms with Crippen molar-refractivity contribution in [1.29, 1.82) is 0 Å². The van der Waals surface area contributed by atoms with Crippen LogP contribution in [0.2, 0.25) is 0 Å². The van der Waals surface area contributed by atoms with Crippen LogP contribution in [0, 0.1) is 6.92 Å². The Balaban J connectivity index is 1.97. The topological polar surface area (TPSA) is 68.5 Å². The highest BCUT2D eigenvalue weighted by atomic mass is 32.1. The first-order chi connectivity index (χ1) is 9.15. The first-order valence-electron chi connectivity index (χ1n) is 6.19. The molecule has 1 aliphatic heterocycles. The lowest BCUT2D eigenvalue weighted by Gasteiger charge is -2.27. The van der Waals surface area contributed by atoms with Crippen LogP contribution >= 0.6 is 11.3 Å². The lowest BCUT2D eigenvalue weighted by molar-refractivity contribution is 0.0303. The number of aromatic nitrogens is 1. The van der Waals surface area contributed by atoms with Crippen LogP contribution < -0.4 is 5.73 Å². The molecule has 6 heteroatoms. The van der Waals surface area contributed by atoms with E-state index in [1.54, 1.807) is 0 Å². The summed E-state index contributed by atoms with van der Waals surface area (Å²) in [5.41, 5.74) is 8.31. The lowest BCUT2D eigenvalue weighted by atomic mass is 10.1. The van der Waals surface area contributed by atoms with E-state index in [0.29, 0.717) is 37.0 Å². The van der Waals surface area contributed by atoms with E-state index in [4.69, 9.17) is 10.5 Å². The van der Waals surface area contributed by atoms with Crippen molar-refractivity contribution < 1.29 is 9.53 Å². The fourth-order valence-electron chi connectivity index (χ4n) is 2.29. The Morgan fingerprint density at radius 1 is 1.42 bits per heavy atom. The van der Waals surface area contributed by atoms with Gasteiger partial charge in [-0.25, -0.2) is 4.98 Å². The number of carbonyl (C=O) groups is 1. The summed E-state index contributed by atoms with van der Waals surface area (Å²) < 4.78 is 6.23. The number of amides is 1. The quantitative estimate of drug-likeness (QED) is 0.860. The van der Waals surface area contributed by atoms with E-state index in [1.807, 2.05) is 24.0 Å². The van der Waals surface area contributed by atoms with Gasteiger partial charge in [-0.3, -0.25) is 4.79 Å². The van der Waals surface area contributed by atoms with Crippen LogP contribution in [0.25, 0.3) is 10.2 Å². The van der Waals surface area contributed by atoms with Gasteiger partial charge in [-0.15, -0.1) is 0 Å². The standard InChI is InChI=1S/C13H15N3O2S/c1-8-6-9(7-10-11(8)15-13(14)19-10)12(17)16-2-4-18-5-3-16/h6-7H,2-5H2,1H3,(H2,14,15). The number of nitrogens with zero attached hydrogens (tertiary/aromatic N) is 2. The molecule has 100 valence electrons. The zero-order chi connectivity index (χ0) is 13.4. The Morgan fingerprint density at radius 2 is 2.16 bits per heavy atom. The largest absolute Gasteiger partial charge is 0.378 e. The number of morpholine rings is 1. The number of carbonyl (C=O) groups excluding carboxylic acids is 1. The molecule has 5 nitrogen and oxygen atoms in total. The van der Waals surface area contributed by atoms with E-state index < -0.39 is 0 Å². The summed E-state index contributed by atoms with van der Waals surface area (Å²) in [5.74, 6) is 0.0558. The summed E-state index contributed by atoms with van der Waals surface area (Å²) in [5, 5.41) is 0.536.